The molecule has 9 N–H and O–H groups in total. The first-order valence-corrected chi connectivity index (χ1v) is 0.224. The smallest absolute Gasteiger partial charge is 0 e. The zero-order valence-electron chi connectivity index (χ0n) is 3.51. The van der Waals surface area contributed by atoms with Crippen LogP contribution in [0.5, 0.6) is 0 Å². The van der Waals surface area contributed by atoms with Gasteiger partial charge in [0.15, 0.2) is 0 Å². The normalized spacial score (nSPS) is 0.286. The molecule has 0 heterocycles. The van der Waals surface area contributed by atoms with Crippen molar-refractivity contribution in [2.24, 2.45) is 0 Å². The first kappa shape index (κ1) is 325. The van der Waals surface area contributed by atoms with Gasteiger partial charge in [0.2, 0.25) is 0 Å². The molecular formula is CH9FeN2O3-. The van der Waals surface area contributed by atoms with Crippen molar-refractivity contribution in [3.05, 3.63) is 6.57 Å². The average molecular weight is 153 g/mol. The van der Waals surface area contributed by atoms with E-state index in [0.29, 0.717) is 0 Å². The van der Waals surface area contributed by atoms with Crippen LogP contribution in [0.2, 0.25) is 0 Å². The molecule has 0 fully saturated rings. The molecule has 0 amide bonds. The van der Waals surface area contributed by atoms with E-state index in [0.717, 1.165) is 0 Å². The maximum atomic E-state index is 6.25. The van der Waals surface area contributed by atoms with Crippen molar-refractivity contribution in [3.8, 4) is 0 Å². The summed E-state index contributed by atoms with van der Waals surface area (Å²) in [6, 6.07) is 0. The quantitative estimate of drug-likeness (QED) is 0.309. The molecule has 0 aliphatic carbocycles. The molecule has 0 aromatic heterocycles. The maximum absolute atomic E-state index is 6.25. The van der Waals surface area contributed by atoms with Gasteiger partial charge in [0, 0.05) is 17.1 Å². The van der Waals surface area contributed by atoms with E-state index in [9.17, 15) is 0 Å². The fourth-order valence-corrected chi connectivity index (χ4v) is 0. The van der Waals surface area contributed by atoms with E-state index in [1.54, 1.807) is 0 Å². The zero-order chi connectivity index (χ0) is 2.00. The molecule has 0 aromatic rings. The average Bonchev–Trinajstić information content (AvgIpc) is 1.00. The van der Waals surface area contributed by atoms with Crippen LogP contribution in [0.1, 0.15) is 0 Å². The Morgan fingerprint density at radius 3 is 0.857 bits per heavy atom. The fraction of sp³-hybridized carbons (Fsp3) is 0. The van der Waals surface area contributed by atoms with Crippen LogP contribution in [0.3, 0.4) is 0 Å². The Morgan fingerprint density at radius 1 is 0.857 bits per heavy atom. The summed E-state index contributed by atoms with van der Waals surface area (Å²) in [5.74, 6) is 0. The second-order valence-corrected chi connectivity index (χ2v) is 0. The van der Waals surface area contributed by atoms with Crippen molar-refractivity contribution in [1.29, 1.82) is 5.26 Å². The van der Waals surface area contributed by atoms with Gasteiger partial charge in [-0.3, -0.25) is 0 Å². The van der Waals surface area contributed by atoms with Crippen LogP contribution in [0.4, 0.5) is 0 Å². The number of rotatable bonds is 0. The summed E-state index contributed by atoms with van der Waals surface area (Å²) >= 11 is 0. The van der Waals surface area contributed by atoms with Crippen molar-refractivity contribution < 1.29 is 33.5 Å². The molecule has 0 rings (SSSR count). The molecule has 0 aromatic carbocycles. The summed E-state index contributed by atoms with van der Waals surface area (Å²) in [6.07, 6.45) is 0. The molecule has 0 radical (unpaired) electrons. The summed E-state index contributed by atoms with van der Waals surface area (Å²) < 4.78 is 0. The third kappa shape index (κ3) is 3830. The zero-order valence-corrected chi connectivity index (χ0v) is 4.61. The third-order valence-electron chi connectivity index (χ3n) is 0. The number of nitrogens with zero attached hydrogens (tertiary/aromatic N) is 1. The standard InChI is InChI=1S/CN.Fe.H3N.3H2O/c1-2;;;;;/h;;1H3;3*1H2/q-1;;;;;. The van der Waals surface area contributed by atoms with Crippen molar-refractivity contribution in [3.63, 3.8) is 0 Å². The molecular weight excluding hydrogens is 144 g/mol. The van der Waals surface area contributed by atoms with Gasteiger partial charge >= 0.3 is 0 Å². The molecule has 0 bridgehead atoms. The van der Waals surface area contributed by atoms with Gasteiger partial charge in [-0.05, 0) is 0 Å². The van der Waals surface area contributed by atoms with E-state index in [1.165, 1.54) is 0 Å². The SMILES string of the molecule is N.O.O.O.[C-]#N.[Fe]. The Balaban J connectivity index is -0.000000000500. The van der Waals surface area contributed by atoms with Crippen LogP contribution in [0.25, 0.3) is 0 Å². The van der Waals surface area contributed by atoms with Gasteiger partial charge in [0.1, 0.15) is 0 Å². The van der Waals surface area contributed by atoms with Gasteiger partial charge in [-0.15, -0.1) is 0 Å². The van der Waals surface area contributed by atoms with Gasteiger partial charge < -0.3 is 34.4 Å². The van der Waals surface area contributed by atoms with Crippen LogP contribution < -0.4 is 6.15 Å². The molecule has 0 spiro atoms. The predicted molar refractivity (Wildman–Crippen MR) is 20.8 cm³/mol. The second-order valence-electron chi connectivity index (χ2n) is 0. The van der Waals surface area contributed by atoms with E-state index in [4.69, 9.17) is 11.8 Å². The topological polar surface area (TPSA) is 153 Å². The molecule has 0 aliphatic heterocycles. The maximum Gasteiger partial charge on any atom is 0 e. The number of hydrogen-bond acceptors (Lipinski definition) is 2. The molecule has 0 saturated heterocycles. The fourth-order valence-electron chi connectivity index (χ4n) is 0. The van der Waals surface area contributed by atoms with E-state index < -0.39 is 0 Å². The Kier molecular flexibility index (Phi) is 282000. The van der Waals surface area contributed by atoms with Crippen LogP contribution in [-0.4, -0.2) is 16.4 Å². The Hall–Kier alpha value is -0.151. The molecule has 0 saturated carbocycles. The molecule has 5 nitrogen and oxygen atoms in total. The molecule has 0 unspecified atom stereocenters. The van der Waals surface area contributed by atoms with Crippen LogP contribution >= 0.6 is 0 Å². The summed E-state index contributed by atoms with van der Waals surface area (Å²) in [4.78, 5) is 0. The third-order valence-corrected chi connectivity index (χ3v) is 0. The Morgan fingerprint density at radius 2 is 0.857 bits per heavy atom. The predicted octanol–water partition coefficient (Wildman–Crippen LogP) is -2.22. The van der Waals surface area contributed by atoms with Gasteiger partial charge in [0.05, 0.1) is 0 Å². The van der Waals surface area contributed by atoms with Crippen molar-refractivity contribution in [2.75, 3.05) is 0 Å². The van der Waals surface area contributed by atoms with E-state index in [-0.39, 0.29) is 39.6 Å². The van der Waals surface area contributed by atoms with Crippen molar-refractivity contribution >= 4 is 0 Å². The molecule has 0 atom stereocenters. The number of hydrogen-bond donors (Lipinski definition) is 1. The largest absolute Gasteiger partial charge is 0.512 e. The molecule has 6 heteroatoms. The molecule has 7 heavy (non-hydrogen) atoms. The van der Waals surface area contributed by atoms with Crippen LogP contribution in [0, 0.1) is 11.8 Å². The second kappa shape index (κ2) is 6070. The van der Waals surface area contributed by atoms with Crippen LogP contribution in [-0.2, 0) is 17.1 Å². The van der Waals surface area contributed by atoms with E-state index in [2.05, 4.69) is 0 Å². The van der Waals surface area contributed by atoms with Gasteiger partial charge in [-0.25, -0.2) is 0 Å². The Bertz CT molecular complexity index is 17.7. The minimum absolute atomic E-state index is 0. The first-order chi connectivity index (χ1) is 1.00. The van der Waals surface area contributed by atoms with Crippen LogP contribution in [0.15, 0.2) is 0 Å². The molecule has 0 aliphatic rings. The minimum atomic E-state index is 0. The summed E-state index contributed by atoms with van der Waals surface area (Å²) in [5.41, 5.74) is 0. The van der Waals surface area contributed by atoms with Gasteiger partial charge in [-0.1, -0.05) is 0 Å². The minimum Gasteiger partial charge on any atom is -0.512 e. The first-order valence-electron chi connectivity index (χ1n) is 0.224. The summed E-state index contributed by atoms with van der Waals surface area (Å²) in [6.45, 7) is 4.75. The monoisotopic (exact) mass is 153 g/mol. The van der Waals surface area contributed by atoms with Crippen molar-refractivity contribution in [2.45, 2.75) is 0 Å². The van der Waals surface area contributed by atoms with E-state index >= 15 is 0 Å². The summed E-state index contributed by atoms with van der Waals surface area (Å²) in [5, 5.41) is 6.25. The van der Waals surface area contributed by atoms with E-state index in [1.807, 2.05) is 0 Å². The van der Waals surface area contributed by atoms with Gasteiger partial charge in [-0.2, -0.15) is 0 Å². The van der Waals surface area contributed by atoms with Crippen molar-refractivity contribution in [1.82, 2.24) is 6.15 Å². The Labute approximate surface area is 52.3 Å². The molecule has 50 valence electrons. The summed E-state index contributed by atoms with van der Waals surface area (Å²) in [7, 11) is 0. The van der Waals surface area contributed by atoms with Gasteiger partial charge in [0.25, 0.3) is 0 Å².